The van der Waals surface area contributed by atoms with E-state index in [4.69, 9.17) is 0 Å². The Bertz CT molecular complexity index is 476. The first kappa shape index (κ1) is 13.0. The molecule has 0 aromatic carbocycles. The van der Waals surface area contributed by atoms with E-state index in [0.29, 0.717) is 5.92 Å². The van der Waals surface area contributed by atoms with Crippen LogP contribution in [0.25, 0.3) is 13.2 Å². The molecule has 1 aliphatic rings. The summed E-state index contributed by atoms with van der Waals surface area (Å²) in [6, 6.07) is 4.10. The van der Waals surface area contributed by atoms with Crippen molar-refractivity contribution in [1.29, 1.82) is 0 Å². The lowest BCUT2D eigenvalue weighted by Crippen LogP contribution is -2.31. The molecule has 1 heterocycles. The van der Waals surface area contributed by atoms with Gasteiger partial charge in [-0.3, -0.25) is 0 Å². The Balaban J connectivity index is 1.93. The van der Waals surface area contributed by atoms with Gasteiger partial charge in [0.15, 0.2) is 0 Å². The molecule has 2 heteroatoms. The number of nitrogens with zero attached hydrogens (tertiary/aromatic N) is 1. The van der Waals surface area contributed by atoms with Gasteiger partial charge in [0.1, 0.15) is 0 Å². The van der Waals surface area contributed by atoms with Crippen LogP contribution < -0.4 is 16.0 Å². The predicted molar refractivity (Wildman–Crippen MR) is 78.4 cm³/mol. The molecule has 98 valence electrons. The molecule has 0 radical (unpaired) electrons. The smallest absolute Gasteiger partial charge is 0.0338 e. The summed E-state index contributed by atoms with van der Waals surface area (Å²) in [4.78, 5) is 0. The van der Waals surface area contributed by atoms with Gasteiger partial charge < -0.3 is 9.88 Å². The maximum Gasteiger partial charge on any atom is 0.0338 e. The van der Waals surface area contributed by atoms with Gasteiger partial charge in [-0.1, -0.05) is 19.7 Å². The first-order valence-electron chi connectivity index (χ1n) is 6.81. The van der Waals surface area contributed by atoms with Gasteiger partial charge in [0.25, 0.3) is 0 Å². The molecular formula is C16H24N2. The van der Waals surface area contributed by atoms with Crippen molar-refractivity contribution in [1.82, 2.24) is 9.88 Å². The van der Waals surface area contributed by atoms with Crippen LogP contribution in [0.1, 0.15) is 25.7 Å². The Morgan fingerprint density at radius 3 is 2.28 bits per heavy atom. The highest BCUT2D eigenvalue weighted by molar-refractivity contribution is 5.09. The molecule has 0 spiro atoms. The third-order valence-electron chi connectivity index (χ3n) is 4.26. The monoisotopic (exact) mass is 244 g/mol. The van der Waals surface area contributed by atoms with Crippen LogP contribution in [0.3, 0.4) is 0 Å². The second kappa shape index (κ2) is 5.47. The quantitative estimate of drug-likeness (QED) is 0.855. The van der Waals surface area contributed by atoms with Crippen molar-refractivity contribution < 1.29 is 0 Å². The average Bonchev–Trinajstić information content (AvgIpc) is 2.70. The van der Waals surface area contributed by atoms with Crippen LogP contribution in [0.15, 0.2) is 24.4 Å². The van der Waals surface area contributed by atoms with Crippen LogP contribution in [-0.2, 0) is 6.54 Å². The summed E-state index contributed by atoms with van der Waals surface area (Å²) in [5, 5.41) is 5.36. The van der Waals surface area contributed by atoms with Crippen molar-refractivity contribution in [2.75, 3.05) is 7.05 Å². The predicted octanol–water partition coefficient (Wildman–Crippen LogP) is 1.85. The first-order valence-corrected chi connectivity index (χ1v) is 6.81. The van der Waals surface area contributed by atoms with Crippen molar-refractivity contribution in [3.63, 3.8) is 0 Å². The standard InChI is InChI=1S/C16H24N2/c1-12-5-6-13(2)18(12)11-15-7-9-16(10-8-15)14(3)17-4/h5-6,15-17H,1-3,7-11H2,4H3. The van der Waals surface area contributed by atoms with E-state index in [-0.39, 0.29) is 0 Å². The van der Waals surface area contributed by atoms with Crippen molar-refractivity contribution in [2.45, 2.75) is 32.2 Å². The maximum atomic E-state index is 4.09. The van der Waals surface area contributed by atoms with E-state index in [1.807, 2.05) is 7.05 Å². The van der Waals surface area contributed by atoms with Gasteiger partial charge in [-0.2, -0.15) is 0 Å². The van der Waals surface area contributed by atoms with Crippen molar-refractivity contribution in [2.24, 2.45) is 11.8 Å². The van der Waals surface area contributed by atoms with Crippen LogP contribution in [0.2, 0.25) is 0 Å². The molecule has 1 aliphatic carbocycles. The Morgan fingerprint density at radius 1 is 1.22 bits per heavy atom. The largest absolute Gasteiger partial charge is 0.392 e. The third-order valence-corrected chi connectivity index (χ3v) is 4.26. The zero-order valence-corrected chi connectivity index (χ0v) is 11.4. The maximum absolute atomic E-state index is 4.09. The normalized spacial score (nSPS) is 23.8. The van der Waals surface area contributed by atoms with E-state index in [9.17, 15) is 0 Å². The van der Waals surface area contributed by atoms with E-state index < -0.39 is 0 Å². The van der Waals surface area contributed by atoms with Gasteiger partial charge in [0.2, 0.25) is 0 Å². The highest BCUT2D eigenvalue weighted by Crippen LogP contribution is 2.32. The lowest BCUT2D eigenvalue weighted by Gasteiger charge is -2.30. The molecule has 1 saturated carbocycles. The molecule has 1 N–H and O–H groups in total. The summed E-state index contributed by atoms with van der Waals surface area (Å²) in [6.07, 6.45) is 5.07. The minimum atomic E-state index is 0.661. The van der Waals surface area contributed by atoms with Crippen LogP contribution in [-0.4, -0.2) is 11.6 Å². The number of nitrogens with one attached hydrogen (secondary N) is 1. The Hall–Kier alpha value is -1.44. The van der Waals surface area contributed by atoms with E-state index in [2.05, 4.69) is 41.8 Å². The van der Waals surface area contributed by atoms with Crippen LogP contribution >= 0.6 is 0 Å². The fourth-order valence-corrected chi connectivity index (χ4v) is 2.95. The Labute approximate surface area is 110 Å². The lowest BCUT2D eigenvalue weighted by atomic mass is 9.80. The van der Waals surface area contributed by atoms with Crippen LogP contribution in [0.5, 0.6) is 0 Å². The molecule has 0 unspecified atom stereocenters. The van der Waals surface area contributed by atoms with Crippen molar-refractivity contribution >= 4 is 13.2 Å². The molecule has 0 amide bonds. The van der Waals surface area contributed by atoms with Gasteiger partial charge in [0, 0.05) is 30.0 Å². The van der Waals surface area contributed by atoms with E-state index in [1.54, 1.807) is 0 Å². The molecule has 2 nitrogen and oxygen atoms in total. The van der Waals surface area contributed by atoms with Crippen LogP contribution in [0.4, 0.5) is 0 Å². The number of rotatable bonds is 4. The van der Waals surface area contributed by atoms with Gasteiger partial charge in [-0.15, -0.1) is 0 Å². The Kier molecular flexibility index (Phi) is 3.95. The zero-order valence-electron chi connectivity index (χ0n) is 11.4. The molecule has 2 rings (SSSR count). The summed E-state index contributed by atoms with van der Waals surface area (Å²) in [5.74, 6) is 1.42. The Morgan fingerprint density at radius 2 is 1.78 bits per heavy atom. The molecule has 0 bridgehead atoms. The van der Waals surface area contributed by atoms with Gasteiger partial charge in [0.05, 0.1) is 0 Å². The first-order chi connectivity index (χ1) is 8.61. The molecule has 18 heavy (non-hydrogen) atoms. The molecular weight excluding hydrogens is 220 g/mol. The summed E-state index contributed by atoms with van der Waals surface area (Å²) >= 11 is 0. The minimum Gasteiger partial charge on any atom is -0.392 e. The van der Waals surface area contributed by atoms with E-state index >= 15 is 0 Å². The molecule has 0 aliphatic heterocycles. The summed E-state index contributed by atoms with van der Waals surface area (Å²) in [7, 11) is 1.97. The summed E-state index contributed by atoms with van der Waals surface area (Å²) in [6.45, 7) is 13.3. The molecule has 0 saturated heterocycles. The van der Waals surface area contributed by atoms with Gasteiger partial charge in [-0.25, -0.2) is 0 Å². The molecule has 1 fully saturated rings. The highest BCUT2D eigenvalue weighted by atomic mass is 15.0. The van der Waals surface area contributed by atoms with E-state index in [0.717, 1.165) is 23.2 Å². The second-order valence-electron chi connectivity index (χ2n) is 5.42. The van der Waals surface area contributed by atoms with Crippen LogP contribution in [0, 0.1) is 11.8 Å². The third kappa shape index (κ3) is 2.69. The number of hydrogen-bond acceptors (Lipinski definition) is 1. The zero-order chi connectivity index (χ0) is 13.1. The topological polar surface area (TPSA) is 17.0 Å². The lowest BCUT2D eigenvalue weighted by molar-refractivity contribution is 0.267. The number of allylic oxidation sites excluding steroid dienone is 1. The number of aromatic nitrogens is 1. The minimum absolute atomic E-state index is 0.661. The molecule has 1 aromatic heterocycles. The van der Waals surface area contributed by atoms with Gasteiger partial charge in [-0.05, 0) is 49.7 Å². The summed E-state index contributed by atoms with van der Waals surface area (Å²) < 4.78 is 2.25. The van der Waals surface area contributed by atoms with Crippen molar-refractivity contribution in [3.8, 4) is 0 Å². The van der Waals surface area contributed by atoms with Gasteiger partial charge >= 0.3 is 0 Å². The SMILES string of the molecule is C=C(NC)C1CCC(Cn2c(=C)ccc2=C)CC1. The van der Waals surface area contributed by atoms with E-state index in [1.165, 1.54) is 31.4 Å². The molecule has 1 aromatic rings. The average molecular weight is 244 g/mol. The highest BCUT2D eigenvalue weighted by Gasteiger charge is 2.22. The van der Waals surface area contributed by atoms with Crippen molar-refractivity contribution in [3.05, 3.63) is 35.1 Å². The molecule has 0 atom stereocenters. The fraction of sp³-hybridized carbons (Fsp3) is 0.500. The fourth-order valence-electron chi connectivity index (χ4n) is 2.95. The number of hydrogen-bond donors (Lipinski definition) is 1. The second-order valence-corrected chi connectivity index (χ2v) is 5.42. The summed E-state index contributed by atoms with van der Waals surface area (Å²) in [5.41, 5.74) is 1.20.